The molecule has 1 N–H and O–H groups in total. The second-order valence-electron chi connectivity index (χ2n) is 6.36. The Kier molecular flexibility index (Phi) is 19.7. The second-order valence-corrected chi connectivity index (χ2v) is 7.95. The average molecular weight is 375 g/mol. The number of hydrogen-bond acceptors (Lipinski definition) is 4. The van der Waals surface area contributed by atoms with Crippen molar-refractivity contribution < 1.29 is 69.5 Å². The van der Waals surface area contributed by atoms with Crippen molar-refractivity contribution in [3.63, 3.8) is 0 Å². The van der Waals surface area contributed by atoms with Crippen LogP contribution in [0.1, 0.15) is 97.3 Å². The molecule has 4 nitrogen and oxygen atoms in total. The van der Waals surface area contributed by atoms with Gasteiger partial charge in [0.2, 0.25) is 0 Å². The molecule has 23 heavy (non-hydrogen) atoms. The number of aliphatic hydroxyl groups is 1. The monoisotopic (exact) mass is 374 g/mol. The maximum Gasteiger partial charge on any atom is 1.00 e. The van der Waals surface area contributed by atoms with Gasteiger partial charge in [-0.2, -0.15) is 0 Å². The third-order valence-electron chi connectivity index (χ3n) is 4.23. The van der Waals surface area contributed by atoms with Gasteiger partial charge >= 0.3 is 51.4 Å². The third kappa shape index (κ3) is 15.5. The molecule has 0 spiro atoms. The summed E-state index contributed by atoms with van der Waals surface area (Å²) in [6, 6.07) is 0. The first-order valence-electron chi connectivity index (χ1n) is 9.06. The Morgan fingerprint density at radius 1 is 0.783 bits per heavy atom. The second kappa shape index (κ2) is 16.9. The molecule has 0 fully saturated rings. The minimum Gasteiger partial charge on any atom is -0.748 e. The van der Waals surface area contributed by atoms with E-state index < -0.39 is 21.5 Å². The van der Waals surface area contributed by atoms with Crippen LogP contribution in [0.25, 0.3) is 0 Å². The van der Waals surface area contributed by atoms with Crippen LogP contribution >= 0.6 is 0 Å². The van der Waals surface area contributed by atoms with E-state index in [9.17, 15) is 18.1 Å². The Labute approximate surface area is 186 Å². The molecule has 0 aliphatic carbocycles. The van der Waals surface area contributed by atoms with Gasteiger partial charge in [-0.1, -0.05) is 84.5 Å². The third-order valence-corrected chi connectivity index (χ3v) is 5.52. The predicted molar refractivity (Wildman–Crippen MR) is 90.9 cm³/mol. The molecule has 0 aromatic heterocycles. The van der Waals surface area contributed by atoms with Crippen LogP contribution in [0.5, 0.6) is 0 Å². The van der Waals surface area contributed by atoms with Crippen LogP contribution in [0, 0.1) is 0 Å². The molecule has 6 heteroatoms. The summed E-state index contributed by atoms with van der Waals surface area (Å²) in [4.78, 5) is 0. The Bertz CT molecular complexity index is 347. The van der Waals surface area contributed by atoms with Crippen molar-refractivity contribution in [3.05, 3.63) is 0 Å². The molecule has 134 valence electrons. The SMILES string of the molecule is CCCCCCCCCCCCC(O)C(CCC)S(=O)(=O)[O-].[K+]. The smallest absolute Gasteiger partial charge is 0.748 e. The van der Waals surface area contributed by atoms with Gasteiger partial charge in [0.05, 0.1) is 11.4 Å². The summed E-state index contributed by atoms with van der Waals surface area (Å²) in [5, 5.41) is 8.79. The van der Waals surface area contributed by atoms with Crippen LogP contribution < -0.4 is 51.4 Å². The van der Waals surface area contributed by atoms with Crippen molar-refractivity contribution in [3.8, 4) is 0 Å². The van der Waals surface area contributed by atoms with E-state index in [1.807, 2.05) is 6.92 Å². The molecule has 0 aromatic carbocycles. The van der Waals surface area contributed by atoms with E-state index in [0.29, 0.717) is 12.8 Å². The van der Waals surface area contributed by atoms with Crippen LogP contribution in [0.3, 0.4) is 0 Å². The van der Waals surface area contributed by atoms with E-state index >= 15 is 0 Å². The standard InChI is InChI=1S/C17H36O4S.K/c1-3-5-6-7-8-9-10-11-12-13-15-16(18)17(14-4-2)22(19,20)21;/h16-18H,3-15H2,1-2H3,(H,19,20,21);/q;+1/p-1. The van der Waals surface area contributed by atoms with Gasteiger partial charge in [-0.25, -0.2) is 8.42 Å². The summed E-state index contributed by atoms with van der Waals surface area (Å²) in [7, 11) is -4.39. The quantitative estimate of drug-likeness (QED) is 0.267. The van der Waals surface area contributed by atoms with Gasteiger partial charge in [-0.15, -0.1) is 0 Å². The van der Waals surface area contributed by atoms with E-state index in [4.69, 9.17) is 0 Å². The van der Waals surface area contributed by atoms with E-state index in [2.05, 4.69) is 6.92 Å². The molecule has 0 amide bonds. The maximum absolute atomic E-state index is 11.1. The summed E-state index contributed by atoms with van der Waals surface area (Å²) in [6.07, 6.45) is 12.2. The molecule has 2 atom stereocenters. The van der Waals surface area contributed by atoms with Gasteiger partial charge in [-0.3, -0.25) is 0 Å². The van der Waals surface area contributed by atoms with Crippen molar-refractivity contribution in [2.24, 2.45) is 0 Å². The minimum atomic E-state index is -4.39. The van der Waals surface area contributed by atoms with Gasteiger partial charge in [0, 0.05) is 0 Å². The van der Waals surface area contributed by atoms with E-state index in [0.717, 1.165) is 19.3 Å². The van der Waals surface area contributed by atoms with E-state index in [1.54, 1.807) is 0 Å². The van der Waals surface area contributed by atoms with Crippen LogP contribution in [-0.2, 0) is 10.1 Å². The summed E-state index contributed by atoms with van der Waals surface area (Å²) in [5.74, 6) is 0. The number of hydrogen-bond donors (Lipinski definition) is 1. The Morgan fingerprint density at radius 2 is 1.22 bits per heavy atom. The normalized spacial score (nSPS) is 14.3. The van der Waals surface area contributed by atoms with E-state index in [1.165, 1.54) is 44.9 Å². The first kappa shape index (κ1) is 26.7. The van der Waals surface area contributed by atoms with Gasteiger partial charge in [-0.05, 0) is 12.8 Å². The van der Waals surface area contributed by atoms with Crippen LogP contribution in [0.15, 0.2) is 0 Å². The van der Waals surface area contributed by atoms with Crippen LogP contribution in [0.4, 0.5) is 0 Å². The summed E-state index contributed by atoms with van der Waals surface area (Å²) < 4.78 is 33.4. The Balaban J connectivity index is 0. The molecule has 0 radical (unpaired) electrons. The van der Waals surface area contributed by atoms with Crippen molar-refractivity contribution >= 4 is 10.1 Å². The van der Waals surface area contributed by atoms with E-state index in [-0.39, 0.29) is 57.8 Å². The number of aliphatic hydroxyl groups excluding tert-OH is 1. The maximum atomic E-state index is 11.1. The van der Waals surface area contributed by atoms with Crippen molar-refractivity contribution in [2.45, 2.75) is 109 Å². The molecule has 0 heterocycles. The van der Waals surface area contributed by atoms with Crippen LogP contribution in [0.2, 0.25) is 0 Å². The summed E-state index contributed by atoms with van der Waals surface area (Å²) in [6.45, 7) is 4.04. The zero-order chi connectivity index (χ0) is 16.8. The summed E-state index contributed by atoms with van der Waals surface area (Å²) >= 11 is 0. The fourth-order valence-corrected chi connectivity index (χ4v) is 3.89. The topological polar surface area (TPSA) is 77.4 Å². The largest absolute Gasteiger partial charge is 1.00 e. The molecular weight excluding hydrogens is 339 g/mol. The fraction of sp³-hybridized carbons (Fsp3) is 1.00. The Morgan fingerprint density at radius 3 is 1.61 bits per heavy atom. The Hall–Kier alpha value is 1.51. The molecule has 0 saturated carbocycles. The molecule has 0 bridgehead atoms. The van der Waals surface area contributed by atoms with Gasteiger partial charge < -0.3 is 9.66 Å². The average Bonchev–Trinajstić information content (AvgIpc) is 2.45. The molecule has 0 rings (SSSR count). The van der Waals surface area contributed by atoms with Gasteiger partial charge in [0.15, 0.2) is 0 Å². The predicted octanol–water partition coefficient (Wildman–Crippen LogP) is 1.38. The molecule has 2 unspecified atom stereocenters. The fourth-order valence-electron chi connectivity index (χ4n) is 2.84. The van der Waals surface area contributed by atoms with Crippen LogP contribution in [-0.4, -0.2) is 29.4 Å². The van der Waals surface area contributed by atoms with Crippen molar-refractivity contribution in [1.29, 1.82) is 0 Å². The molecule has 0 aromatic rings. The minimum absolute atomic E-state index is 0. The molecule has 0 aliphatic heterocycles. The first-order chi connectivity index (χ1) is 10.4. The van der Waals surface area contributed by atoms with Gasteiger partial charge in [0.25, 0.3) is 0 Å². The number of unbranched alkanes of at least 4 members (excludes halogenated alkanes) is 9. The van der Waals surface area contributed by atoms with Crippen molar-refractivity contribution in [1.82, 2.24) is 0 Å². The van der Waals surface area contributed by atoms with Crippen molar-refractivity contribution in [2.75, 3.05) is 0 Å². The summed E-state index contributed by atoms with van der Waals surface area (Å²) in [5.41, 5.74) is 0. The number of rotatable bonds is 15. The molecular formula is C17H35KO4S. The zero-order valence-corrected chi connectivity index (χ0v) is 19.4. The van der Waals surface area contributed by atoms with Gasteiger partial charge in [0.1, 0.15) is 10.1 Å². The molecule has 0 saturated heterocycles. The molecule has 0 aliphatic rings. The zero-order valence-electron chi connectivity index (χ0n) is 15.4. The first-order valence-corrected chi connectivity index (χ1v) is 10.5.